The lowest BCUT2D eigenvalue weighted by Gasteiger charge is -2.36. The topological polar surface area (TPSA) is 74.7 Å². The molecule has 23 heavy (non-hydrogen) atoms. The number of amides is 1. The largest absolute Gasteiger partial charge is 0.508 e. The Morgan fingerprint density at radius 2 is 2.17 bits per heavy atom. The first kappa shape index (κ1) is 15.3. The van der Waals surface area contributed by atoms with Crippen LogP contribution in [0.1, 0.15) is 11.6 Å². The number of ether oxygens (including phenoxy) is 1. The molecule has 0 spiro atoms. The van der Waals surface area contributed by atoms with E-state index in [1.54, 1.807) is 24.5 Å². The van der Waals surface area contributed by atoms with E-state index in [2.05, 4.69) is 10.3 Å². The van der Waals surface area contributed by atoms with Gasteiger partial charge in [-0.05, 0) is 35.9 Å². The number of carbonyl (C=O) groups is 1. The minimum Gasteiger partial charge on any atom is -0.508 e. The minimum atomic E-state index is -0.0616. The molecule has 120 valence electrons. The molecule has 1 fully saturated rings. The van der Waals surface area contributed by atoms with Gasteiger partial charge in [0.25, 0.3) is 5.91 Å². The molecule has 1 atom stereocenters. The van der Waals surface area contributed by atoms with Gasteiger partial charge in [-0.25, -0.2) is 0 Å². The van der Waals surface area contributed by atoms with Crippen molar-refractivity contribution >= 4 is 5.91 Å². The number of phenols is 1. The number of rotatable bonds is 4. The van der Waals surface area contributed by atoms with Crippen LogP contribution in [0, 0.1) is 0 Å². The van der Waals surface area contributed by atoms with Crippen LogP contribution in [0.25, 0.3) is 0 Å². The second-order valence-electron chi connectivity index (χ2n) is 5.38. The van der Waals surface area contributed by atoms with E-state index >= 15 is 0 Å². The van der Waals surface area contributed by atoms with Crippen molar-refractivity contribution in [2.75, 3.05) is 26.2 Å². The predicted octanol–water partition coefficient (Wildman–Crippen LogP) is 1.34. The number of piperazine rings is 1. The van der Waals surface area contributed by atoms with Crippen molar-refractivity contribution < 1.29 is 14.6 Å². The van der Waals surface area contributed by atoms with E-state index in [9.17, 15) is 9.90 Å². The van der Waals surface area contributed by atoms with E-state index < -0.39 is 0 Å². The number of phenolic OH excluding ortho intramolecular Hbond substituents is 1. The van der Waals surface area contributed by atoms with Gasteiger partial charge in [-0.3, -0.25) is 9.78 Å². The lowest BCUT2D eigenvalue weighted by molar-refractivity contribution is -0.136. The van der Waals surface area contributed by atoms with Gasteiger partial charge >= 0.3 is 0 Å². The van der Waals surface area contributed by atoms with Gasteiger partial charge in [-0.1, -0.05) is 6.07 Å². The molecule has 1 aliphatic rings. The number of hydrogen-bond donors (Lipinski definition) is 2. The smallest absolute Gasteiger partial charge is 0.261 e. The van der Waals surface area contributed by atoms with Crippen LogP contribution in [-0.2, 0) is 4.79 Å². The summed E-state index contributed by atoms with van der Waals surface area (Å²) in [7, 11) is 0. The van der Waals surface area contributed by atoms with Gasteiger partial charge in [-0.15, -0.1) is 0 Å². The molecule has 1 amide bonds. The molecule has 0 saturated carbocycles. The Bertz CT molecular complexity index is 646. The summed E-state index contributed by atoms with van der Waals surface area (Å²) in [5, 5.41) is 12.6. The van der Waals surface area contributed by atoms with E-state index in [1.807, 2.05) is 17.0 Å². The van der Waals surface area contributed by atoms with Crippen LogP contribution < -0.4 is 10.1 Å². The van der Waals surface area contributed by atoms with Gasteiger partial charge in [0.2, 0.25) is 0 Å². The average Bonchev–Trinajstić information content (AvgIpc) is 2.62. The molecule has 2 N–H and O–H groups in total. The molecule has 1 unspecified atom stereocenters. The highest BCUT2D eigenvalue weighted by Gasteiger charge is 2.28. The fraction of sp³-hybridized carbons (Fsp3) is 0.294. The van der Waals surface area contributed by atoms with Crippen molar-refractivity contribution in [3.63, 3.8) is 0 Å². The maximum absolute atomic E-state index is 12.5. The number of aromatic nitrogens is 1. The number of carbonyl (C=O) groups excluding carboxylic acids is 1. The lowest BCUT2D eigenvalue weighted by Crippen LogP contribution is -2.50. The van der Waals surface area contributed by atoms with Crippen molar-refractivity contribution in [1.82, 2.24) is 15.2 Å². The number of hydrogen-bond acceptors (Lipinski definition) is 5. The summed E-state index contributed by atoms with van der Waals surface area (Å²) < 4.78 is 5.52. The summed E-state index contributed by atoms with van der Waals surface area (Å²) in [4.78, 5) is 18.5. The van der Waals surface area contributed by atoms with E-state index in [0.717, 1.165) is 12.1 Å². The highest BCUT2D eigenvalue weighted by molar-refractivity contribution is 5.78. The highest BCUT2D eigenvalue weighted by atomic mass is 16.5. The highest BCUT2D eigenvalue weighted by Crippen LogP contribution is 2.22. The van der Waals surface area contributed by atoms with Gasteiger partial charge in [0.05, 0.1) is 6.04 Å². The van der Waals surface area contributed by atoms with Crippen molar-refractivity contribution in [1.29, 1.82) is 0 Å². The summed E-state index contributed by atoms with van der Waals surface area (Å²) in [5.41, 5.74) is 1.01. The third kappa shape index (κ3) is 3.78. The third-order valence-electron chi connectivity index (χ3n) is 3.83. The summed E-state index contributed by atoms with van der Waals surface area (Å²) >= 11 is 0. The molecule has 1 aromatic carbocycles. The zero-order valence-corrected chi connectivity index (χ0v) is 12.7. The number of benzene rings is 1. The maximum Gasteiger partial charge on any atom is 0.261 e. The van der Waals surface area contributed by atoms with Crippen LogP contribution in [0.4, 0.5) is 0 Å². The monoisotopic (exact) mass is 313 g/mol. The van der Waals surface area contributed by atoms with Crippen LogP contribution in [0.5, 0.6) is 11.5 Å². The van der Waals surface area contributed by atoms with Crippen LogP contribution in [0.3, 0.4) is 0 Å². The lowest BCUT2D eigenvalue weighted by atomic mass is 10.1. The Morgan fingerprint density at radius 3 is 2.91 bits per heavy atom. The van der Waals surface area contributed by atoms with Gasteiger partial charge in [0, 0.05) is 32.0 Å². The minimum absolute atomic E-state index is 0.0263. The quantitative estimate of drug-likeness (QED) is 0.891. The summed E-state index contributed by atoms with van der Waals surface area (Å²) in [6.07, 6.45) is 3.51. The van der Waals surface area contributed by atoms with E-state index in [-0.39, 0.29) is 24.3 Å². The molecule has 1 aromatic heterocycles. The summed E-state index contributed by atoms with van der Waals surface area (Å²) in [6, 6.07) is 10.2. The van der Waals surface area contributed by atoms with Crippen molar-refractivity contribution in [3.8, 4) is 11.5 Å². The fourth-order valence-corrected chi connectivity index (χ4v) is 2.64. The maximum atomic E-state index is 12.5. The Kier molecular flexibility index (Phi) is 4.73. The van der Waals surface area contributed by atoms with Gasteiger partial charge < -0.3 is 20.1 Å². The molecule has 3 rings (SSSR count). The van der Waals surface area contributed by atoms with Crippen LogP contribution in [0.15, 0.2) is 48.8 Å². The van der Waals surface area contributed by atoms with Crippen LogP contribution in [0.2, 0.25) is 0 Å². The Balaban J connectivity index is 1.65. The molecule has 1 saturated heterocycles. The first-order valence-corrected chi connectivity index (χ1v) is 7.56. The number of pyridine rings is 1. The zero-order chi connectivity index (χ0) is 16.1. The molecule has 0 radical (unpaired) electrons. The Morgan fingerprint density at radius 1 is 1.35 bits per heavy atom. The van der Waals surface area contributed by atoms with Crippen molar-refractivity contribution in [2.24, 2.45) is 0 Å². The second-order valence-corrected chi connectivity index (χ2v) is 5.38. The summed E-state index contributed by atoms with van der Waals surface area (Å²) in [6.45, 7) is 2.08. The molecule has 0 bridgehead atoms. The van der Waals surface area contributed by atoms with Gasteiger partial charge in [0.1, 0.15) is 11.5 Å². The van der Waals surface area contributed by atoms with Crippen molar-refractivity contribution in [2.45, 2.75) is 6.04 Å². The Labute approximate surface area is 134 Å². The third-order valence-corrected chi connectivity index (χ3v) is 3.83. The van der Waals surface area contributed by atoms with E-state index in [1.165, 1.54) is 12.1 Å². The first-order valence-electron chi connectivity index (χ1n) is 7.56. The van der Waals surface area contributed by atoms with E-state index in [4.69, 9.17) is 4.74 Å². The normalized spacial score (nSPS) is 17.7. The SMILES string of the molecule is O=C(COc1ccc(O)cc1)N1CCNCC1c1cccnc1. The number of nitrogens with zero attached hydrogens (tertiary/aromatic N) is 2. The molecule has 2 aromatic rings. The predicted molar refractivity (Wildman–Crippen MR) is 85.2 cm³/mol. The molecule has 1 aliphatic heterocycles. The molecule has 6 heteroatoms. The van der Waals surface area contributed by atoms with Crippen molar-refractivity contribution in [3.05, 3.63) is 54.4 Å². The standard InChI is InChI=1S/C17H19N3O3/c21-14-3-5-15(6-4-14)23-12-17(22)20-9-8-19-11-16(20)13-2-1-7-18-10-13/h1-7,10,16,19,21H,8-9,11-12H2. The summed E-state index contributed by atoms with van der Waals surface area (Å²) in [5.74, 6) is 0.667. The van der Waals surface area contributed by atoms with E-state index in [0.29, 0.717) is 18.8 Å². The number of nitrogens with one attached hydrogen (secondary N) is 1. The van der Waals surface area contributed by atoms with Gasteiger partial charge in [0.15, 0.2) is 6.61 Å². The first-order chi connectivity index (χ1) is 11.2. The van der Waals surface area contributed by atoms with Crippen LogP contribution in [-0.4, -0.2) is 47.1 Å². The molecule has 6 nitrogen and oxygen atoms in total. The van der Waals surface area contributed by atoms with Crippen LogP contribution >= 0.6 is 0 Å². The zero-order valence-electron chi connectivity index (χ0n) is 12.7. The second kappa shape index (κ2) is 7.11. The molecule has 0 aliphatic carbocycles. The fourth-order valence-electron chi connectivity index (χ4n) is 2.64. The molecule has 2 heterocycles. The number of aromatic hydroxyl groups is 1. The molecular formula is C17H19N3O3. The average molecular weight is 313 g/mol. The Hall–Kier alpha value is -2.60. The molecular weight excluding hydrogens is 294 g/mol. The van der Waals surface area contributed by atoms with Gasteiger partial charge in [-0.2, -0.15) is 0 Å².